The fourth-order valence-corrected chi connectivity index (χ4v) is 4.83. The summed E-state index contributed by atoms with van der Waals surface area (Å²) in [7, 11) is -3.89. The fraction of sp³-hybridized carbons (Fsp3) is 0.467. The normalized spacial score (nSPS) is 24.5. The Morgan fingerprint density at radius 1 is 1.23 bits per heavy atom. The molecule has 0 bridgehead atoms. The lowest BCUT2D eigenvalue weighted by Gasteiger charge is -2.19. The van der Waals surface area contributed by atoms with Crippen LogP contribution in [-0.2, 0) is 15.6 Å². The van der Waals surface area contributed by atoms with Crippen molar-refractivity contribution in [2.24, 2.45) is 0 Å². The van der Waals surface area contributed by atoms with Crippen molar-refractivity contribution >= 4 is 21.1 Å². The van der Waals surface area contributed by atoms with Crippen LogP contribution in [0, 0.1) is 0 Å². The van der Waals surface area contributed by atoms with E-state index in [1.54, 1.807) is 12.1 Å². The van der Waals surface area contributed by atoms with Crippen LogP contribution in [0.2, 0.25) is 0 Å². The molecule has 3 aromatic rings. The number of benzene rings is 1. The number of rotatable bonds is 4. The molecule has 10 nitrogen and oxygen atoms in total. The molecule has 1 saturated heterocycles. The molecule has 3 heterocycles. The molecule has 26 heavy (non-hydrogen) atoms. The number of nitrogens with zero attached hydrogens (tertiary/aromatic N) is 5. The van der Waals surface area contributed by atoms with Crippen molar-refractivity contribution < 1.29 is 22.7 Å². The van der Waals surface area contributed by atoms with Crippen LogP contribution >= 0.6 is 0 Å². The number of β-amino-alcohol motifs (C(OH)–C–C–N with tert-alkyl or cyclic N) is 1. The number of aliphatic hydroxyl groups is 1. The highest BCUT2D eigenvalue weighted by atomic mass is 32.2. The van der Waals surface area contributed by atoms with Gasteiger partial charge in [-0.1, -0.05) is 11.2 Å². The third-order valence-corrected chi connectivity index (χ3v) is 6.74. The van der Waals surface area contributed by atoms with Gasteiger partial charge in [0, 0.05) is 18.9 Å². The molecule has 5 rings (SSSR count). The van der Waals surface area contributed by atoms with Crippen LogP contribution in [0.4, 0.5) is 0 Å². The summed E-state index contributed by atoms with van der Waals surface area (Å²) in [6.45, 7) is -0.0368. The van der Waals surface area contributed by atoms with Gasteiger partial charge >= 0.3 is 0 Å². The first-order valence-corrected chi connectivity index (χ1v) is 9.69. The van der Waals surface area contributed by atoms with E-state index >= 15 is 0 Å². The zero-order valence-electron chi connectivity index (χ0n) is 13.6. The summed E-state index contributed by atoms with van der Waals surface area (Å²) in [6.07, 6.45) is 2.19. The number of hydrogen-bond acceptors (Lipinski definition) is 9. The lowest BCUT2D eigenvalue weighted by molar-refractivity contribution is 0.0194. The molecule has 2 aromatic heterocycles. The van der Waals surface area contributed by atoms with E-state index in [9.17, 15) is 13.5 Å². The third-order valence-electron chi connectivity index (χ3n) is 4.86. The molecule has 1 atom stereocenters. The Kier molecular flexibility index (Phi) is 3.24. The highest BCUT2D eigenvalue weighted by Crippen LogP contribution is 2.40. The molecule has 1 saturated carbocycles. The predicted molar refractivity (Wildman–Crippen MR) is 85.3 cm³/mol. The second-order valence-electron chi connectivity index (χ2n) is 6.74. The minimum absolute atomic E-state index is 0.00954. The monoisotopic (exact) mass is 377 g/mol. The van der Waals surface area contributed by atoms with Gasteiger partial charge in [0.25, 0.3) is 5.89 Å². The SMILES string of the molecule is O=S(=O)(c1cccc2nonc12)N1CC[C@@](O)(c2nc(C3CC3)no2)C1. The van der Waals surface area contributed by atoms with E-state index in [2.05, 4.69) is 25.1 Å². The molecular weight excluding hydrogens is 362 g/mol. The number of fused-ring (bicyclic) bond motifs is 1. The van der Waals surface area contributed by atoms with Crippen molar-refractivity contribution in [2.45, 2.75) is 35.7 Å². The molecule has 1 N–H and O–H groups in total. The number of aromatic nitrogens is 4. The van der Waals surface area contributed by atoms with E-state index in [-0.39, 0.29) is 41.7 Å². The standard InChI is InChI=1S/C15H15N5O5S/c21-15(14-16-13(19-24-14)9-4-5-9)6-7-20(8-15)26(22,23)11-3-1-2-10-12(11)18-25-17-10/h1-3,9,21H,4-8H2/t15-/m0/s1. The molecule has 2 fully saturated rings. The zero-order valence-corrected chi connectivity index (χ0v) is 14.4. The van der Waals surface area contributed by atoms with Crippen molar-refractivity contribution in [3.63, 3.8) is 0 Å². The first-order valence-electron chi connectivity index (χ1n) is 8.25. The smallest absolute Gasteiger partial charge is 0.260 e. The number of hydrogen-bond donors (Lipinski definition) is 1. The van der Waals surface area contributed by atoms with Gasteiger partial charge in [-0.3, -0.25) is 0 Å². The largest absolute Gasteiger partial charge is 0.379 e. The summed E-state index contributed by atoms with van der Waals surface area (Å²) in [5.74, 6) is 0.932. The lowest BCUT2D eigenvalue weighted by Crippen LogP contribution is -2.34. The van der Waals surface area contributed by atoms with Gasteiger partial charge in [-0.2, -0.15) is 9.29 Å². The van der Waals surface area contributed by atoms with E-state index in [1.165, 1.54) is 10.4 Å². The van der Waals surface area contributed by atoms with Gasteiger partial charge in [-0.05, 0) is 35.3 Å². The molecule has 1 aliphatic heterocycles. The van der Waals surface area contributed by atoms with Crippen molar-refractivity contribution in [2.75, 3.05) is 13.1 Å². The van der Waals surface area contributed by atoms with Crippen LogP contribution in [-0.4, -0.2) is 51.4 Å². The Hall–Kier alpha value is -2.37. The van der Waals surface area contributed by atoms with Gasteiger partial charge in [0.2, 0.25) is 10.0 Å². The molecule has 136 valence electrons. The molecule has 0 unspecified atom stereocenters. The highest BCUT2D eigenvalue weighted by Gasteiger charge is 2.47. The van der Waals surface area contributed by atoms with Crippen molar-refractivity contribution in [3.8, 4) is 0 Å². The highest BCUT2D eigenvalue weighted by molar-refractivity contribution is 7.89. The van der Waals surface area contributed by atoms with Crippen LogP contribution in [0.5, 0.6) is 0 Å². The Bertz CT molecular complexity index is 1090. The van der Waals surface area contributed by atoms with Gasteiger partial charge in [-0.15, -0.1) is 0 Å². The van der Waals surface area contributed by atoms with Crippen LogP contribution in [0.15, 0.2) is 32.2 Å². The summed E-state index contributed by atoms with van der Waals surface area (Å²) in [5, 5.41) is 22.1. The maximum atomic E-state index is 13.0. The molecule has 0 radical (unpaired) electrons. The zero-order chi connectivity index (χ0) is 17.9. The second kappa shape index (κ2) is 5.32. The Morgan fingerprint density at radius 2 is 2.08 bits per heavy atom. The van der Waals surface area contributed by atoms with Crippen molar-refractivity contribution in [3.05, 3.63) is 29.9 Å². The van der Waals surface area contributed by atoms with E-state index in [0.29, 0.717) is 11.3 Å². The van der Waals surface area contributed by atoms with Gasteiger partial charge < -0.3 is 9.63 Å². The molecule has 2 aliphatic rings. The summed E-state index contributed by atoms with van der Waals surface area (Å²) in [6, 6.07) is 4.63. The van der Waals surface area contributed by atoms with E-state index in [4.69, 9.17) is 4.52 Å². The Balaban J connectivity index is 1.46. The van der Waals surface area contributed by atoms with E-state index < -0.39 is 15.6 Å². The lowest BCUT2D eigenvalue weighted by atomic mass is 10.0. The minimum atomic E-state index is -3.89. The average Bonchev–Trinajstić information content (AvgIpc) is 3.05. The Labute approximate surface area is 147 Å². The molecule has 0 spiro atoms. The average molecular weight is 377 g/mol. The minimum Gasteiger partial charge on any atom is -0.379 e. The van der Waals surface area contributed by atoms with Crippen LogP contribution < -0.4 is 0 Å². The maximum absolute atomic E-state index is 13.0. The summed E-state index contributed by atoms with van der Waals surface area (Å²) in [4.78, 5) is 4.26. The van der Waals surface area contributed by atoms with Gasteiger partial charge in [0.15, 0.2) is 16.9 Å². The van der Waals surface area contributed by atoms with Gasteiger partial charge in [-0.25, -0.2) is 13.0 Å². The summed E-state index contributed by atoms with van der Waals surface area (Å²) < 4.78 is 37.1. The number of sulfonamides is 1. The molecule has 0 amide bonds. The first kappa shape index (κ1) is 15.9. The topological polar surface area (TPSA) is 135 Å². The van der Waals surface area contributed by atoms with E-state index in [0.717, 1.165) is 12.8 Å². The fourth-order valence-electron chi connectivity index (χ4n) is 3.20. The predicted octanol–water partition coefficient (Wildman–Crippen LogP) is 0.765. The van der Waals surface area contributed by atoms with Crippen LogP contribution in [0.3, 0.4) is 0 Å². The van der Waals surface area contributed by atoms with Gasteiger partial charge in [0.1, 0.15) is 10.4 Å². The molecule has 1 aliphatic carbocycles. The van der Waals surface area contributed by atoms with Crippen molar-refractivity contribution in [1.29, 1.82) is 0 Å². The second-order valence-corrected chi connectivity index (χ2v) is 8.65. The van der Waals surface area contributed by atoms with E-state index in [1.807, 2.05) is 0 Å². The summed E-state index contributed by atoms with van der Waals surface area (Å²) in [5.41, 5.74) is -0.980. The maximum Gasteiger partial charge on any atom is 0.260 e. The first-order chi connectivity index (χ1) is 12.5. The summed E-state index contributed by atoms with van der Waals surface area (Å²) >= 11 is 0. The van der Waals surface area contributed by atoms with Crippen LogP contribution in [0.1, 0.15) is 36.9 Å². The Morgan fingerprint density at radius 3 is 2.88 bits per heavy atom. The third kappa shape index (κ3) is 2.35. The molecular formula is C15H15N5O5S. The molecule has 1 aromatic carbocycles. The van der Waals surface area contributed by atoms with Crippen LogP contribution in [0.25, 0.3) is 11.0 Å². The van der Waals surface area contributed by atoms with Gasteiger partial charge in [0.05, 0.1) is 6.54 Å². The van der Waals surface area contributed by atoms with Crippen molar-refractivity contribution in [1.82, 2.24) is 24.8 Å². The quantitative estimate of drug-likeness (QED) is 0.699. The molecule has 11 heteroatoms.